The first-order chi connectivity index (χ1) is 10.3. The van der Waals surface area contributed by atoms with Gasteiger partial charge in [-0.25, -0.2) is 0 Å². The van der Waals surface area contributed by atoms with Crippen LogP contribution < -0.4 is 0 Å². The quantitative estimate of drug-likeness (QED) is 0.693. The van der Waals surface area contributed by atoms with E-state index in [2.05, 4.69) is 56.2 Å². The average molecular weight is 339 g/mol. The van der Waals surface area contributed by atoms with Crippen LogP contribution in [0.25, 0.3) is 0 Å². The van der Waals surface area contributed by atoms with Crippen molar-refractivity contribution in [3.63, 3.8) is 0 Å². The van der Waals surface area contributed by atoms with Crippen LogP contribution in [-0.2, 0) is 6.42 Å². The summed E-state index contributed by atoms with van der Waals surface area (Å²) < 4.78 is 1.13. The van der Waals surface area contributed by atoms with Crippen molar-refractivity contribution in [2.45, 2.75) is 12.3 Å². The third kappa shape index (κ3) is 3.37. The lowest BCUT2D eigenvalue weighted by molar-refractivity contribution is 0.792. The van der Waals surface area contributed by atoms with E-state index in [9.17, 15) is 0 Å². The van der Waals surface area contributed by atoms with E-state index in [1.54, 1.807) is 6.20 Å². The predicted molar refractivity (Wildman–Crippen MR) is 88.2 cm³/mol. The number of nitrogens with zero attached hydrogens (tertiary/aromatic N) is 2. The van der Waals surface area contributed by atoms with Crippen molar-refractivity contribution < 1.29 is 0 Å². The Morgan fingerprint density at radius 3 is 2.29 bits per heavy atom. The Morgan fingerprint density at radius 2 is 1.62 bits per heavy atom. The Hall–Kier alpha value is -2.00. The Labute approximate surface area is 133 Å². The molecule has 0 bridgehead atoms. The summed E-state index contributed by atoms with van der Waals surface area (Å²) in [7, 11) is 0. The fourth-order valence-electron chi connectivity index (χ4n) is 2.50. The molecule has 2 aromatic heterocycles. The van der Waals surface area contributed by atoms with Gasteiger partial charge >= 0.3 is 0 Å². The molecule has 0 radical (unpaired) electrons. The maximum absolute atomic E-state index is 4.27. The number of hydrogen-bond acceptors (Lipinski definition) is 2. The molecule has 0 amide bonds. The predicted octanol–water partition coefficient (Wildman–Crippen LogP) is 4.61. The molecule has 1 unspecified atom stereocenters. The van der Waals surface area contributed by atoms with Gasteiger partial charge in [-0.3, -0.25) is 9.97 Å². The monoisotopic (exact) mass is 338 g/mol. The van der Waals surface area contributed by atoms with Gasteiger partial charge in [0.2, 0.25) is 0 Å². The van der Waals surface area contributed by atoms with Gasteiger partial charge in [0.05, 0.1) is 0 Å². The molecule has 0 fully saturated rings. The summed E-state index contributed by atoms with van der Waals surface area (Å²) in [5, 5.41) is 0. The summed E-state index contributed by atoms with van der Waals surface area (Å²) in [5.74, 6) is 0.262. The molecule has 0 aliphatic heterocycles. The van der Waals surface area contributed by atoms with Crippen molar-refractivity contribution in [2.24, 2.45) is 0 Å². The van der Waals surface area contributed by atoms with Gasteiger partial charge in [0.25, 0.3) is 0 Å². The molecule has 0 saturated heterocycles. The van der Waals surface area contributed by atoms with Crippen molar-refractivity contribution in [3.8, 4) is 0 Å². The molecule has 1 atom stereocenters. The van der Waals surface area contributed by atoms with Crippen molar-refractivity contribution in [1.29, 1.82) is 0 Å². The molecule has 0 N–H and O–H groups in total. The van der Waals surface area contributed by atoms with Gasteiger partial charge in [-0.15, -0.1) is 0 Å². The van der Waals surface area contributed by atoms with Gasteiger partial charge in [-0.2, -0.15) is 0 Å². The molecule has 104 valence electrons. The van der Waals surface area contributed by atoms with E-state index in [-0.39, 0.29) is 5.92 Å². The molecular formula is C18H15BrN2. The molecule has 0 spiro atoms. The van der Waals surface area contributed by atoms with Gasteiger partial charge in [0.1, 0.15) is 0 Å². The van der Waals surface area contributed by atoms with Crippen LogP contribution >= 0.6 is 15.9 Å². The molecule has 21 heavy (non-hydrogen) atoms. The highest BCUT2D eigenvalue weighted by Crippen LogP contribution is 2.32. The zero-order valence-corrected chi connectivity index (χ0v) is 13.1. The Morgan fingerprint density at radius 1 is 0.857 bits per heavy atom. The molecule has 2 nitrogen and oxygen atoms in total. The van der Waals surface area contributed by atoms with Gasteiger partial charge in [-0.1, -0.05) is 46.3 Å². The van der Waals surface area contributed by atoms with E-state index in [1.165, 1.54) is 16.7 Å². The molecule has 0 saturated carbocycles. The van der Waals surface area contributed by atoms with Crippen LogP contribution in [-0.4, -0.2) is 9.97 Å². The van der Waals surface area contributed by atoms with E-state index >= 15 is 0 Å². The first-order valence-electron chi connectivity index (χ1n) is 6.88. The highest BCUT2D eigenvalue weighted by Gasteiger charge is 2.17. The first kappa shape index (κ1) is 14.0. The van der Waals surface area contributed by atoms with Crippen LogP contribution in [0.15, 0.2) is 77.8 Å². The van der Waals surface area contributed by atoms with Crippen molar-refractivity contribution in [2.75, 3.05) is 0 Å². The normalized spacial score (nSPS) is 12.0. The lowest BCUT2D eigenvalue weighted by Crippen LogP contribution is -2.06. The summed E-state index contributed by atoms with van der Waals surface area (Å²) in [6.45, 7) is 0. The third-order valence-electron chi connectivity index (χ3n) is 3.53. The lowest BCUT2D eigenvalue weighted by atomic mass is 9.87. The Bertz CT molecular complexity index is 699. The number of aromatic nitrogens is 2. The number of halogens is 1. The van der Waals surface area contributed by atoms with E-state index < -0.39 is 0 Å². The second-order valence-corrected chi connectivity index (χ2v) is 5.78. The van der Waals surface area contributed by atoms with E-state index in [0.29, 0.717) is 0 Å². The molecule has 3 heteroatoms. The minimum Gasteiger partial charge on any atom is -0.264 e. The Kier molecular flexibility index (Phi) is 4.41. The number of pyridine rings is 2. The number of benzene rings is 1. The standard InChI is InChI=1S/C18H15BrN2/c19-18-8-2-1-7-16(18)17(15-6-4-10-21-13-15)11-14-5-3-9-20-12-14/h1-10,12-13,17H,11H2. The van der Waals surface area contributed by atoms with Gasteiger partial charge in [0, 0.05) is 35.2 Å². The van der Waals surface area contributed by atoms with Crippen molar-refractivity contribution in [3.05, 3.63) is 94.5 Å². The molecule has 0 aliphatic rings. The van der Waals surface area contributed by atoms with Gasteiger partial charge in [-0.05, 0) is 41.3 Å². The summed E-state index contributed by atoms with van der Waals surface area (Å²) in [6.07, 6.45) is 8.40. The molecule has 3 aromatic rings. The Balaban J connectivity index is 2.02. The maximum Gasteiger partial charge on any atom is 0.0306 e. The SMILES string of the molecule is Brc1ccccc1C(Cc1cccnc1)c1cccnc1. The molecule has 0 aliphatic carbocycles. The summed E-state index contributed by atoms with van der Waals surface area (Å²) >= 11 is 3.67. The zero-order chi connectivity index (χ0) is 14.5. The fourth-order valence-corrected chi connectivity index (χ4v) is 3.06. The topological polar surface area (TPSA) is 25.8 Å². The molecule has 3 rings (SSSR count). The van der Waals surface area contributed by atoms with Crippen LogP contribution in [0, 0.1) is 0 Å². The van der Waals surface area contributed by atoms with E-state index in [1.807, 2.05) is 36.8 Å². The average Bonchev–Trinajstić information content (AvgIpc) is 2.55. The largest absolute Gasteiger partial charge is 0.264 e. The van der Waals surface area contributed by atoms with Crippen LogP contribution in [0.5, 0.6) is 0 Å². The summed E-state index contributed by atoms with van der Waals surface area (Å²) in [6, 6.07) is 16.6. The van der Waals surface area contributed by atoms with Crippen molar-refractivity contribution in [1.82, 2.24) is 9.97 Å². The van der Waals surface area contributed by atoms with Gasteiger partial charge < -0.3 is 0 Å². The lowest BCUT2D eigenvalue weighted by Gasteiger charge is -2.19. The molecule has 1 aromatic carbocycles. The van der Waals surface area contributed by atoms with Gasteiger partial charge in [0.15, 0.2) is 0 Å². The number of rotatable bonds is 4. The molecular weight excluding hydrogens is 324 g/mol. The van der Waals surface area contributed by atoms with Crippen LogP contribution in [0.4, 0.5) is 0 Å². The van der Waals surface area contributed by atoms with Crippen molar-refractivity contribution >= 4 is 15.9 Å². The highest BCUT2D eigenvalue weighted by molar-refractivity contribution is 9.10. The van der Waals surface area contributed by atoms with Crippen LogP contribution in [0.2, 0.25) is 0 Å². The zero-order valence-electron chi connectivity index (χ0n) is 11.5. The first-order valence-corrected chi connectivity index (χ1v) is 7.67. The minimum absolute atomic E-state index is 0.262. The minimum atomic E-state index is 0.262. The second kappa shape index (κ2) is 6.64. The second-order valence-electron chi connectivity index (χ2n) is 4.93. The summed E-state index contributed by atoms with van der Waals surface area (Å²) in [5.41, 5.74) is 3.71. The fraction of sp³-hybridized carbons (Fsp3) is 0.111. The van der Waals surface area contributed by atoms with Crippen LogP contribution in [0.1, 0.15) is 22.6 Å². The maximum atomic E-state index is 4.27. The third-order valence-corrected chi connectivity index (χ3v) is 4.25. The highest BCUT2D eigenvalue weighted by atomic mass is 79.9. The molecule has 2 heterocycles. The van der Waals surface area contributed by atoms with E-state index in [0.717, 1.165) is 10.9 Å². The van der Waals surface area contributed by atoms with Crippen LogP contribution in [0.3, 0.4) is 0 Å². The summed E-state index contributed by atoms with van der Waals surface area (Å²) in [4.78, 5) is 8.49. The smallest absolute Gasteiger partial charge is 0.0306 e. The van der Waals surface area contributed by atoms with E-state index in [4.69, 9.17) is 0 Å². The number of hydrogen-bond donors (Lipinski definition) is 0.